The molecular formula is C12H17N3O5S. The molecule has 1 unspecified atom stereocenters. The van der Waals surface area contributed by atoms with Crippen LogP contribution in [0.1, 0.15) is 13.8 Å². The van der Waals surface area contributed by atoms with Gasteiger partial charge >= 0.3 is 12.0 Å². The molecule has 0 fully saturated rings. The van der Waals surface area contributed by atoms with Crippen molar-refractivity contribution < 1.29 is 23.1 Å². The Bertz CT molecular complexity index is 642. The molecule has 1 aromatic rings. The van der Waals surface area contributed by atoms with Gasteiger partial charge in [0.05, 0.1) is 4.90 Å². The fourth-order valence-electron chi connectivity index (χ4n) is 1.57. The first-order valence-electron chi connectivity index (χ1n) is 6.04. The van der Waals surface area contributed by atoms with Crippen molar-refractivity contribution in [2.24, 2.45) is 11.1 Å². The molecule has 21 heavy (non-hydrogen) atoms. The molecule has 1 aromatic carbocycles. The quantitative estimate of drug-likeness (QED) is 0.629. The maximum Gasteiger partial charge on any atom is 0.326 e. The molecule has 0 radical (unpaired) electrons. The highest BCUT2D eigenvalue weighted by atomic mass is 32.2. The number of carbonyl (C=O) groups is 2. The number of benzene rings is 1. The van der Waals surface area contributed by atoms with Crippen LogP contribution in [0.5, 0.6) is 0 Å². The minimum Gasteiger partial charge on any atom is -0.480 e. The lowest BCUT2D eigenvalue weighted by Crippen LogP contribution is -2.46. The summed E-state index contributed by atoms with van der Waals surface area (Å²) in [6, 6.07) is 3.53. The van der Waals surface area contributed by atoms with Gasteiger partial charge in [-0.05, 0) is 24.1 Å². The van der Waals surface area contributed by atoms with Crippen LogP contribution in [0.4, 0.5) is 10.5 Å². The minimum atomic E-state index is -3.88. The number of nitrogens with two attached hydrogens (primary N) is 1. The van der Waals surface area contributed by atoms with E-state index in [1.165, 1.54) is 24.3 Å². The summed E-state index contributed by atoms with van der Waals surface area (Å²) in [5, 5.41) is 18.6. The number of rotatable bonds is 5. The molecule has 116 valence electrons. The lowest BCUT2D eigenvalue weighted by atomic mass is 10.1. The van der Waals surface area contributed by atoms with Crippen molar-refractivity contribution in [2.75, 3.05) is 5.32 Å². The Morgan fingerprint density at radius 3 is 2.38 bits per heavy atom. The molecule has 0 aliphatic heterocycles. The Morgan fingerprint density at radius 1 is 1.29 bits per heavy atom. The number of sulfonamides is 1. The van der Waals surface area contributed by atoms with E-state index in [-0.39, 0.29) is 16.5 Å². The molecule has 5 N–H and O–H groups in total. The zero-order valence-corrected chi connectivity index (χ0v) is 12.3. The minimum absolute atomic E-state index is 0.154. The molecule has 1 rings (SSSR count). The highest BCUT2D eigenvalue weighted by molar-refractivity contribution is 7.89. The van der Waals surface area contributed by atoms with E-state index in [1.54, 1.807) is 13.8 Å². The fraction of sp³-hybridized carbons (Fsp3) is 0.333. The Balaban J connectivity index is 2.82. The van der Waals surface area contributed by atoms with Crippen LogP contribution in [0.3, 0.4) is 0 Å². The first-order valence-corrected chi connectivity index (χ1v) is 7.59. The number of urea groups is 1. The number of carbonyl (C=O) groups excluding carboxylic acids is 1. The molecule has 0 saturated carbocycles. The molecular weight excluding hydrogens is 298 g/mol. The number of hydrogen-bond acceptors (Lipinski definition) is 4. The second-order valence-electron chi connectivity index (χ2n) is 4.73. The third-order valence-corrected chi connectivity index (χ3v) is 3.55. The zero-order chi connectivity index (χ0) is 16.2. The molecule has 0 aliphatic rings. The summed E-state index contributed by atoms with van der Waals surface area (Å²) in [6.07, 6.45) is 0. The average molecular weight is 315 g/mol. The normalized spacial score (nSPS) is 12.8. The van der Waals surface area contributed by atoms with Crippen LogP contribution >= 0.6 is 0 Å². The second-order valence-corrected chi connectivity index (χ2v) is 6.29. The third kappa shape index (κ3) is 5.04. The van der Waals surface area contributed by atoms with Gasteiger partial charge in [0.15, 0.2) is 0 Å². The van der Waals surface area contributed by atoms with E-state index in [0.717, 1.165) is 0 Å². The van der Waals surface area contributed by atoms with Crippen LogP contribution in [-0.4, -0.2) is 31.6 Å². The van der Waals surface area contributed by atoms with E-state index < -0.39 is 28.1 Å². The van der Waals surface area contributed by atoms with Crippen LogP contribution < -0.4 is 15.8 Å². The number of anilines is 1. The van der Waals surface area contributed by atoms with Crippen LogP contribution in [0, 0.1) is 5.92 Å². The standard InChI is InChI=1S/C12H17N3O5S/c1-7(2)10(11(16)17)15-12(18)14-8-4-3-5-9(6-8)21(13,19)20/h3-7,10H,1-2H3,(H,16,17)(H2,13,19,20)(H2,14,15,18). The Morgan fingerprint density at radius 2 is 1.90 bits per heavy atom. The molecule has 0 heterocycles. The molecule has 0 aromatic heterocycles. The monoisotopic (exact) mass is 315 g/mol. The molecule has 2 amide bonds. The van der Waals surface area contributed by atoms with Crippen LogP contribution in [0.15, 0.2) is 29.2 Å². The van der Waals surface area contributed by atoms with E-state index in [2.05, 4.69) is 10.6 Å². The third-order valence-electron chi connectivity index (χ3n) is 2.64. The lowest BCUT2D eigenvalue weighted by Gasteiger charge is -2.18. The topological polar surface area (TPSA) is 139 Å². The van der Waals surface area contributed by atoms with Gasteiger partial charge in [0.25, 0.3) is 0 Å². The summed E-state index contributed by atoms with van der Waals surface area (Å²) in [5.74, 6) is -1.46. The van der Waals surface area contributed by atoms with Gasteiger partial charge in [-0.25, -0.2) is 23.1 Å². The van der Waals surface area contributed by atoms with Gasteiger partial charge in [0.2, 0.25) is 10.0 Å². The Kier molecular flexibility index (Phi) is 5.28. The summed E-state index contributed by atoms with van der Waals surface area (Å²) in [4.78, 5) is 22.5. The predicted molar refractivity (Wildman–Crippen MR) is 76.2 cm³/mol. The highest BCUT2D eigenvalue weighted by Gasteiger charge is 2.23. The van der Waals surface area contributed by atoms with Gasteiger partial charge in [-0.3, -0.25) is 0 Å². The summed E-state index contributed by atoms with van der Waals surface area (Å²) in [5.41, 5.74) is 0.187. The van der Waals surface area contributed by atoms with Gasteiger partial charge in [0, 0.05) is 5.69 Å². The van der Waals surface area contributed by atoms with E-state index in [4.69, 9.17) is 10.2 Å². The summed E-state index contributed by atoms with van der Waals surface area (Å²) < 4.78 is 22.4. The molecule has 8 nitrogen and oxygen atoms in total. The van der Waals surface area contributed by atoms with Gasteiger partial charge < -0.3 is 15.7 Å². The second kappa shape index (κ2) is 6.55. The van der Waals surface area contributed by atoms with E-state index in [9.17, 15) is 18.0 Å². The molecule has 9 heteroatoms. The van der Waals surface area contributed by atoms with Gasteiger partial charge in [-0.1, -0.05) is 19.9 Å². The number of carboxylic acid groups (broad SMARTS) is 1. The van der Waals surface area contributed by atoms with E-state index in [0.29, 0.717) is 0 Å². The van der Waals surface area contributed by atoms with Crippen LogP contribution in [-0.2, 0) is 14.8 Å². The number of primary sulfonamides is 1. The molecule has 0 aliphatic carbocycles. The summed E-state index contributed by atoms with van der Waals surface area (Å²) >= 11 is 0. The number of hydrogen-bond donors (Lipinski definition) is 4. The van der Waals surface area contributed by atoms with Gasteiger partial charge in [0.1, 0.15) is 6.04 Å². The van der Waals surface area contributed by atoms with E-state index >= 15 is 0 Å². The number of carboxylic acids is 1. The first kappa shape index (κ1) is 16.9. The molecule has 0 spiro atoms. The molecule has 0 saturated heterocycles. The van der Waals surface area contributed by atoms with Crippen molar-refractivity contribution in [1.82, 2.24) is 5.32 Å². The lowest BCUT2D eigenvalue weighted by molar-refractivity contribution is -0.140. The SMILES string of the molecule is CC(C)C(NC(=O)Nc1cccc(S(N)(=O)=O)c1)C(=O)O. The summed E-state index contributed by atoms with van der Waals surface area (Å²) in [6.45, 7) is 3.31. The van der Waals surface area contributed by atoms with Crippen LogP contribution in [0.25, 0.3) is 0 Å². The highest BCUT2D eigenvalue weighted by Crippen LogP contribution is 2.14. The van der Waals surface area contributed by atoms with Gasteiger partial charge in [-0.15, -0.1) is 0 Å². The smallest absolute Gasteiger partial charge is 0.326 e. The first-order chi connectivity index (χ1) is 9.61. The van der Waals surface area contributed by atoms with Crippen molar-refractivity contribution in [2.45, 2.75) is 24.8 Å². The largest absolute Gasteiger partial charge is 0.480 e. The average Bonchev–Trinajstić information content (AvgIpc) is 2.34. The summed E-state index contributed by atoms with van der Waals surface area (Å²) in [7, 11) is -3.88. The van der Waals surface area contributed by atoms with E-state index in [1.807, 2.05) is 0 Å². The number of amides is 2. The molecule has 0 bridgehead atoms. The zero-order valence-electron chi connectivity index (χ0n) is 11.5. The van der Waals surface area contributed by atoms with Crippen molar-refractivity contribution in [1.29, 1.82) is 0 Å². The van der Waals surface area contributed by atoms with Crippen LogP contribution in [0.2, 0.25) is 0 Å². The molecule has 1 atom stereocenters. The maximum absolute atomic E-state index is 11.7. The van der Waals surface area contributed by atoms with Crippen molar-refractivity contribution >= 4 is 27.7 Å². The van der Waals surface area contributed by atoms with Gasteiger partial charge in [-0.2, -0.15) is 0 Å². The maximum atomic E-state index is 11.7. The number of nitrogens with one attached hydrogen (secondary N) is 2. The Hall–Kier alpha value is -2.13. The number of aliphatic carboxylic acids is 1. The van der Waals surface area contributed by atoms with Crippen molar-refractivity contribution in [3.8, 4) is 0 Å². The van der Waals surface area contributed by atoms with Crippen molar-refractivity contribution in [3.05, 3.63) is 24.3 Å². The predicted octanol–water partition coefficient (Wildman–Crippen LogP) is 0.565. The van der Waals surface area contributed by atoms with Crippen molar-refractivity contribution in [3.63, 3.8) is 0 Å². The fourth-order valence-corrected chi connectivity index (χ4v) is 2.13. The Labute approximate surface area is 122 Å².